The molecule has 0 N–H and O–H groups in total. The van der Waals surface area contributed by atoms with Crippen molar-refractivity contribution in [3.05, 3.63) is 77.6 Å². The number of benzene rings is 2. The predicted octanol–water partition coefficient (Wildman–Crippen LogP) is 4.35. The molecule has 0 unspecified atom stereocenters. The van der Waals surface area contributed by atoms with E-state index in [0.29, 0.717) is 17.2 Å². The summed E-state index contributed by atoms with van der Waals surface area (Å²) in [5.41, 5.74) is 3.98. The molecule has 3 heterocycles. The Bertz CT molecular complexity index is 1110. The SMILES string of the molecule is COc1cc([C@@H]2Oc3ccccc3[C@@H]3CC(c4cccnc4)=NN32)cc(OC)c1OC. The number of rotatable bonds is 5. The highest BCUT2D eigenvalue weighted by atomic mass is 16.5. The van der Waals surface area contributed by atoms with Crippen LogP contribution in [0.4, 0.5) is 0 Å². The molecule has 0 saturated heterocycles. The van der Waals surface area contributed by atoms with Crippen molar-refractivity contribution in [2.45, 2.75) is 18.7 Å². The zero-order chi connectivity index (χ0) is 21.4. The van der Waals surface area contributed by atoms with E-state index in [2.05, 4.69) is 11.1 Å². The van der Waals surface area contributed by atoms with Gasteiger partial charge in [0.1, 0.15) is 5.75 Å². The Morgan fingerprint density at radius 3 is 2.42 bits per heavy atom. The number of hydrogen-bond donors (Lipinski definition) is 0. The number of hydrazone groups is 1. The first-order valence-corrected chi connectivity index (χ1v) is 10.0. The fraction of sp³-hybridized carbons (Fsp3) is 0.250. The molecule has 0 spiro atoms. The zero-order valence-electron chi connectivity index (χ0n) is 17.6. The van der Waals surface area contributed by atoms with Crippen molar-refractivity contribution in [2.75, 3.05) is 21.3 Å². The third kappa shape index (κ3) is 3.22. The van der Waals surface area contributed by atoms with E-state index in [-0.39, 0.29) is 6.04 Å². The lowest BCUT2D eigenvalue weighted by molar-refractivity contribution is -0.0192. The highest BCUT2D eigenvalue weighted by Gasteiger charge is 2.41. The van der Waals surface area contributed by atoms with Gasteiger partial charge >= 0.3 is 0 Å². The van der Waals surface area contributed by atoms with Gasteiger partial charge in [-0.15, -0.1) is 0 Å². The molecule has 2 aliphatic rings. The lowest BCUT2D eigenvalue weighted by Gasteiger charge is -2.38. The summed E-state index contributed by atoms with van der Waals surface area (Å²) >= 11 is 0. The van der Waals surface area contributed by atoms with Gasteiger partial charge in [-0.2, -0.15) is 5.10 Å². The van der Waals surface area contributed by atoms with Crippen LogP contribution < -0.4 is 18.9 Å². The van der Waals surface area contributed by atoms with Gasteiger partial charge in [-0.3, -0.25) is 4.98 Å². The van der Waals surface area contributed by atoms with Crippen molar-refractivity contribution in [2.24, 2.45) is 5.10 Å². The summed E-state index contributed by atoms with van der Waals surface area (Å²) < 4.78 is 23.0. The Kier molecular flexibility index (Phi) is 4.86. The van der Waals surface area contributed by atoms with E-state index in [9.17, 15) is 0 Å². The number of ether oxygens (including phenoxy) is 4. The van der Waals surface area contributed by atoms with Gasteiger partial charge in [-0.05, 0) is 24.3 Å². The molecule has 31 heavy (non-hydrogen) atoms. The molecule has 0 radical (unpaired) electrons. The van der Waals surface area contributed by atoms with Crippen LogP contribution in [0.3, 0.4) is 0 Å². The van der Waals surface area contributed by atoms with Gasteiger partial charge < -0.3 is 18.9 Å². The van der Waals surface area contributed by atoms with E-state index in [1.165, 1.54) is 0 Å². The monoisotopic (exact) mass is 417 g/mol. The third-order valence-electron chi connectivity index (χ3n) is 5.67. The molecule has 3 aromatic rings. The maximum atomic E-state index is 6.44. The Morgan fingerprint density at radius 2 is 1.74 bits per heavy atom. The zero-order valence-corrected chi connectivity index (χ0v) is 17.6. The second-order valence-electron chi connectivity index (χ2n) is 7.36. The topological polar surface area (TPSA) is 65.4 Å². The molecular formula is C24H23N3O4. The van der Waals surface area contributed by atoms with Crippen molar-refractivity contribution in [3.8, 4) is 23.0 Å². The number of nitrogens with zero attached hydrogens (tertiary/aromatic N) is 3. The Labute approximate surface area is 180 Å². The van der Waals surface area contributed by atoms with E-state index < -0.39 is 6.23 Å². The number of methoxy groups -OCH3 is 3. The molecular weight excluding hydrogens is 394 g/mol. The average Bonchev–Trinajstić information content (AvgIpc) is 3.29. The number of para-hydroxylation sites is 1. The molecule has 2 atom stereocenters. The molecule has 158 valence electrons. The lowest BCUT2D eigenvalue weighted by atomic mass is 9.96. The first-order chi connectivity index (χ1) is 15.2. The van der Waals surface area contributed by atoms with Gasteiger partial charge in [0.25, 0.3) is 0 Å². The largest absolute Gasteiger partial charge is 0.493 e. The highest BCUT2D eigenvalue weighted by molar-refractivity contribution is 6.01. The van der Waals surface area contributed by atoms with Gasteiger partial charge in [-0.1, -0.05) is 24.3 Å². The molecule has 7 heteroatoms. The number of pyridine rings is 1. The van der Waals surface area contributed by atoms with Crippen LogP contribution in [0.25, 0.3) is 0 Å². The molecule has 1 aromatic heterocycles. The Hall–Kier alpha value is -3.74. The summed E-state index contributed by atoms with van der Waals surface area (Å²) in [5, 5.41) is 6.98. The van der Waals surface area contributed by atoms with Gasteiger partial charge in [0.05, 0.1) is 33.1 Å². The molecule has 0 bridgehead atoms. The smallest absolute Gasteiger partial charge is 0.214 e. The summed E-state index contributed by atoms with van der Waals surface area (Å²) in [5.74, 6) is 2.55. The van der Waals surface area contributed by atoms with E-state index in [1.54, 1.807) is 27.5 Å². The van der Waals surface area contributed by atoms with Crippen molar-refractivity contribution in [1.82, 2.24) is 9.99 Å². The minimum atomic E-state index is -0.442. The summed E-state index contributed by atoms with van der Waals surface area (Å²) in [7, 11) is 4.80. The summed E-state index contributed by atoms with van der Waals surface area (Å²) in [6.07, 6.45) is 3.94. The average molecular weight is 417 g/mol. The fourth-order valence-electron chi connectivity index (χ4n) is 4.21. The molecule has 0 aliphatic carbocycles. The maximum Gasteiger partial charge on any atom is 0.214 e. The van der Waals surface area contributed by atoms with Gasteiger partial charge in [0.2, 0.25) is 12.0 Å². The van der Waals surface area contributed by atoms with Crippen LogP contribution in [0.5, 0.6) is 23.0 Å². The number of fused-ring (bicyclic) bond motifs is 3. The summed E-state index contributed by atoms with van der Waals surface area (Å²) in [6, 6.07) is 16.0. The predicted molar refractivity (Wildman–Crippen MR) is 116 cm³/mol. The highest BCUT2D eigenvalue weighted by Crippen LogP contribution is 2.49. The van der Waals surface area contributed by atoms with E-state index in [1.807, 2.05) is 53.7 Å². The van der Waals surface area contributed by atoms with Crippen molar-refractivity contribution >= 4 is 5.71 Å². The number of aromatic nitrogens is 1. The van der Waals surface area contributed by atoms with Gasteiger partial charge in [-0.25, -0.2) is 5.01 Å². The molecule has 0 saturated carbocycles. The van der Waals surface area contributed by atoms with Crippen LogP contribution in [-0.4, -0.2) is 37.0 Å². The summed E-state index contributed by atoms with van der Waals surface area (Å²) in [6.45, 7) is 0. The summed E-state index contributed by atoms with van der Waals surface area (Å²) in [4.78, 5) is 4.26. The molecule has 2 aliphatic heterocycles. The normalized spacial score (nSPS) is 19.1. The second-order valence-corrected chi connectivity index (χ2v) is 7.36. The van der Waals surface area contributed by atoms with Gasteiger partial charge in [0, 0.05) is 35.5 Å². The molecule has 7 nitrogen and oxygen atoms in total. The fourth-order valence-corrected chi connectivity index (χ4v) is 4.21. The molecule has 2 aromatic carbocycles. The van der Waals surface area contributed by atoms with Crippen LogP contribution in [0.2, 0.25) is 0 Å². The minimum Gasteiger partial charge on any atom is -0.493 e. The molecule has 0 fully saturated rings. The van der Waals surface area contributed by atoms with E-state index in [0.717, 1.165) is 34.6 Å². The molecule has 5 rings (SSSR count). The first-order valence-electron chi connectivity index (χ1n) is 10.0. The van der Waals surface area contributed by atoms with Crippen LogP contribution >= 0.6 is 0 Å². The van der Waals surface area contributed by atoms with Crippen molar-refractivity contribution in [3.63, 3.8) is 0 Å². The number of hydrogen-bond acceptors (Lipinski definition) is 7. The van der Waals surface area contributed by atoms with E-state index >= 15 is 0 Å². The first kappa shape index (κ1) is 19.2. The van der Waals surface area contributed by atoms with Crippen LogP contribution in [0, 0.1) is 0 Å². The van der Waals surface area contributed by atoms with Crippen molar-refractivity contribution < 1.29 is 18.9 Å². The third-order valence-corrected chi connectivity index (χ3v) is 5.67. The quantitative estimate of drug-likeness (QED) is 0.615. The Morgan fingerprint density at radius 1 is 0.968 bits per heavy atom. The minimum absolute atomic E-state index is 0.0595. The van der Waals surface area contributed by atoms with Crippen molar-refractivity contribution in [1.29, 1.82) is 0 Å². The second kappa shape index (κ2) is 7.83. The van der Waals surface area contributed by atoms with E-state index in [4.69, 9.17) is 24.0 Å². The molecule has 0 amide bonds. The standard InChI is InChI=1S/C24H23N3O4/c1-28-21-11-16(12-22(29-2)23(21)30-3)24-27-19(17-8-4-5-9-20(17)31-24)13-18(26-27)15-7-6-10-25-14-15/h4-12,14,19,24H,13H2,1-3H3/t19-,24-/m0/s1. The van der Waals surface area contributed by atoms with Crippen LogP contribution in [0.15, 0.2) is 66.0 Å². The lowest BCUT2D eigenvalue weighted by Crippen LogP contribution is -2.33. The maximum absolute atomic E-state index is 6.44. The van der Waals surface area contributed by atoms with Crippen LogP contribution in [-0.2, 0) is 0 Å². The van der Waals surface area contributed by atoms with Gasteiger partial charge in [0.15, 0.2) is 11.5 Å². The van der Waals surface area contributed by atoms with Crippen LogP contribution in [0.1, 0.15) is 35.4 Å². The Balaban J connectivity index is 1.62.